The number of hydrogen-bond acceptors (Lipinski definition) is 5. The van der Waals surface area contributed by atoms with Crippen LogP contribution in [0.4, 0.5) is 5.69 Å². The zero-order chi connectivity index (χ0) is 21.7. The predicted molar refractivity (Wildman–Crippen MR) is 113 cm³/mol. The highest BCUT2D eigenvalue weighted by Gasteiger charge is 2.11. The Labute approximate surface area is 178 Å². The van der Waals surface area contributed by atoms with Crippen molar-refractivity contribution in [3.63, 3.8) is 0 Å². The lowest BCUT2D eigenvalue weighted by Crippen LogP contribution is -2.22. The third-order valence-corrected chi connectivity index (χ3v) is 4.84. The summed E-state index contributed by atoms with van der Waals surface area (Å²) < 4.78 is 7.46. The second kappa shape index (κ2) is 9.41. The molecule has 0 radical (unpaired) electrons. The Hall–Kier alpha value is -3.39. The number of non-ortho nitro benzene ring substituents is 1. The van der Waals surface area contributed by atoms with Gasteiger partial charge in [0.2, 0.25) is 0 Å². The van der Waals surface area contributed by atoms with E-state index >= 15 is 0 Å². The van der Waals surface area contributed by atoms with E-state index in [1.54, 1.807) is 24.3 Å². The Morgan fingerprint density at radius 3 is 2.60 bits per heavy atom. The molecule has 0 spiro atoms. The minimum Gasteiger partial charge on any atom is -0.487 e. The first kappa shape index (κ1) is 21.3. The lowest BCUT2D eigenvalue weighted by Gasteiger charge is -2.09. The average molecular weight is 429 g/mol. The zero-order valence-corrected chi connectivity index (χ0v) is 17.3. The van der Waals surface area contributed by atoms with Gasteiger partial charge >= 0.3 is 0 Å². The minimum absolute atomic E-state index is 0.0973. The Balaban J connectivity index is 1.56. The second-order valence-electron chi connectivity index (χ2n) is 6.64. The number of halogens is 1. The number of amides is 1. The summed E-state index contributed by atoms with van der Waals surface area (Å²) in [5, 5.41) is 18.2. The summed E-state index contributed by atoms with van der Waals surface area (Å²) in [4.78, 5) is 22.6. The predicted octanol–water partition coefficient (Wildman–Crippen LogP) is 4.28. The number of nitrogens with zero attached hydrogens (tertiary/aromatic N) is 3. The van der Waals surface area contributed by atoms with E-state index in [1.807, 2.05) is 24.7 Å². The zero-order valence-electron chi connectivity index (χ0n) is 16.6. The molecule has 0 saturated carbocycles. The second-order valence-corrected chi connectivity index (χ2v) is 7.04. The van der Waals surface area contributed by atoms with Gasteiger partial charge in [-0.3, -0.25) is 19.6 Å². The first-order chi connectivity index (χ1) is 14.4. The normalized spacial score (nSPS) is 10.6. The van der Waals surface area contributed by atoms with Crippen molar-refractivity contribution in [1.29, 1.82) is 0 Å². The van der Waals surface area contributed by atoms with Crippen LogP contribution in [0.15, 0.2) is 48.7 Å². The highest BCUT2D eigenvalue weighted by molar-refractivity contribution is 6.32. The molecule has 1 amide bonds. The fourth-order valence-corrected chi connectivity index (χ4v) is 3.04. The van der Waals surface area contributed by atoms with Crippen LogP contribution in [0.1, 0.15) is 34.1 Å². The summed E-state index contributed by atoms with van der Waals surface area (Å²) >= 11 is 6.03. The van der Waals surface area contributed by atoms with Gasteiger partial charge in [-0.25, -0.2) is 0 Å². The summed E-state index contributed by atoms with van der Waals surface area (Å²) in [7, 11) is 0. The smallest absolute Gasteiger partial charge is 0.271 e. The molecular weight excluding hydrogens is 408 g/mol. The molecule has 0 bridgehead atoms. The van der Waals surface area contributed by atoms with Crippen molar-refractivity contribution in [3.8, 4) is 5.75 Å². The fourth-order valence-electron chi connectivity index (χ4n) is 2.81. The number of carbonyl (C=O) groups is 1. The molecule has 0 aliphatic heterocycles. The Morgan fingerprint density at radius 2 is 2.00 bits per heavy atom. The molecule has 3 rings (SSSR count). The summed E-state index contributed by atoms with van der Waals surface area (Å²) in [5.41, 5.74) is 3.15. The molecule has 1 N–H and O–H groups in total. The van der Waals surface area contributed by atoms with E-state index in [0.717, 1.165) is 23.4 Å². The largest absolute Gasteiger partial charge is 0.487 e. The maximum absolute atomic E-state index is 12.4. The van der Waals surface area contributed by atoms with E-state index in [9.17, 15) is 14.9 Å². The number of aryl methyl sites for hydroxylation is 2. The van der Waals surface area contributed by atoms with Crippen LogP contribution < -0.4 is 10.1 Å². The summed E-state index contributed by atoms with van der Waals surface area (Å²) in [6.07, 6.45) is 1.93. The van der Waals surface area contributed by atoms with Crippen molar-refractivity contribution >= 4 is 23.2 Å². The molecule has 0 atom stereocenters. The molecule has 0 fully saturated rings. The van der Waals surface area contributed by atoms with E-state index in [0.29, 0.717) is 17.9 Å². The number of aromatic nitrogens is 2. The minimum atomic E-state index is -0.517. The van der Waals surface area contributed by atoms with E-state index < -0.39 is 4.92 Å². The first-order valence-electron chi connectivity index (χ1n) is 9.34. The Bertz CT molecular complexity index is 1060. The van der Waals surface area contributed by atoms with Gasteiger partial charge in [-0.2, -0.15) is 5.10 Å². The summed E-state index contributed by atoms with van der Waals surface area (Å²) in [6.45, 7) is 5.34. The van der Waals surface area contributed by atoms with Crippen LogP contribution in [-0.2, 0) is 19.7 Å². The topological polar surface area (TPSA) is 99.3 Å². The van der Waals surface area contributed by atoms with Crippen LogP contribution in [0.2, 0.25) is 5.02 Å². The van der Waals surface area contributed by atoms with Gasteiger partial charge in [0.1, 0.15) is 12.4 Å². The number of carbonyl (C=O) groups excluding carboxylic acids is 1. The molecule has 156 valence electrons. The number of ether oxygens (including phenoxy) is 1. The van der Waals surface area contributed by atoms with E-state index in [1.165, 1.54) is 18.2 Å². The van der Waals surface area contributed by atoms with Crippen LogP contribution in [0, 0.1) is 17.0 Å². The van der Waals surface area contributed by atoms with Crippen LogP contribution in [0.25, 0.3) is 0 Å². The van der Waals surface area contributed by atoms with Crippen molar-refractivity contribution in [2.75, 3.05) is 0 Å². The summed E-state index contributed by atoms with van der Waals surface area (Å²) in [5.74, 6) is 0.177. The standard InChI is InChI=1S/C21H21ClN4O4/c1-3-25-12-17(14(2)24-25)11-23-21(27)16-6-4-15(5-7-16)13-30-20-9-8-18(26(28)29)10-19(20)22/h4-10,12H,3,11,13H2,1-2H3,(H,23,27). The van der Waals surface area contributed by atoms with Crippen molar-refractivity contribution in [3.05, 3.63) is 86.2 Å². The van der Waals surface area contributed by atoms with Gasteiger partial charge in [0.25, 0.3) is 11.6 Å². The molecule has 30 heavy (non-hydrogen) atoms. The van der Waals surface area contributed by atoms with Gasteiger partial charge in [0.15, 0.2) is 0 Å². The molecule has 2 aromatic carbocycles. The van der Waals surface area contributed by atoms with Crippen LogP contribution in [0.3, 0.4) is 0 Å². The van der Waals surface area contributed by atoms with E-state index in [2.05, 4.69) is 10.4 Å². The van der Waals surface area contributed by atoms with Crippen LogP contribution in [-0.4, -0.2) is 20.6 Å². The van der Waals surface area contributed by atoms with Crippen LogP contribution >= 0.6 is 11.6 Å². The molecule has 3 aromatic rings. The van der Waals surface area contributed by atoms with Gasteiger partial charge in [0.05, 0.1) is 15.6 Å². The SMILES string of the molecule is CCn1cc(CNC(=O)c2ccc(COc3ccc([N+](=O)[O-])cc3Cl)cc2)c(C)n1. The number of nitrogens with one attached hydrogen (secondary N) is 1. The molecular formula is C21H21ClN4O4. The highest BCUT2D eigenvalue weighted by atomic mass is 35.5. The van der Waals surface area contributed by atoms with Crippen molar-refractivity contribution in [1.82, 2.24) is 15.1 Å². The number of nitro groups is 1. The number of rotatable bonds is 8. The summed E-state index contributed by atoms with van der Waals surface area (Å²) in [6, 6.07) is 11.0. The fraction of sp³-hybridized carbons (Fsp3) is 0.238. The maximum atomic E-state index is 12.4. The van der Waals surface area contributed by atoms with Crippen molar-refractivity contribution in [2.24, 2.45) is 0 Å². The lowest BCUT2D eigenvalue weighted by molar-refractivity contribution is -0.384. The Kier molecular flexibility index (Phi) is 6.68. The van der Waals surface area contributed by atoms with Gasteiger partial charge in [-0.15, -0.1) is 0 Å². The molecule has 8 nitrogen and oxygen atoms in total. The van der Waals surface area contributed by atoms with Crippen LogP contribution in [0.5, 0.6) is 5.75 Å². The van der Waals surface area contributed by atoms with Gasteiger partial charge in [0, 0.05) is 42.5 Å². The lowest BCUT2D eigenvalue weighted by atomic mass is 10.1. The number of nitro benzene ring substituents is 1. The molecule has 0 aliphatic carbocycles. The third kappa shape index (κ3) is 5.15. The average Bonchev–Trinajstić information content (AvgIpc) is 3.11. The monoisotopic (exact) mass is 428 g/mol. The van der Waals surface area contributed by atoms with Gasteiger partial charge in [-0.1, -0.05) is 23.7 Å². The molecule has 1 aromatic heterocycles. The molecule has 0 aliphatic rings. The third-order valence-electron chi connectivity index (χ3n) is 4.55. The van der Waals surface area contributed by atoms with Gasteiger partial charge in [-0.05, 0) is 37.6 Å². The highest BCUT2D eigenvalue weighted by Crippen LogP contribution is 2.29. The quantitative estimate of drug-likeness (QED) is 0.426. The van der Waals surface area contributed by atoms with E-state index in [4.69, 9.17) is 16.3 Å². The number of benzene rings is 2. The molecule has 1 heterocycles. The number of hydrogen-bond donors (Lipinski definition) is 1. The van der Waals surface area contributed by atoms with Gasteiger partial charge < -0.3 is 10.1 Å². The van der Waals surface area contributed by atoms with Crippen molar-refractivity contribution < 1.29 is 14.5 Å². The first-order valence-corrected chi connectivity index (χ1v) is 9.72. The maximum Gasteiger partial charge on any atom is 0.271 e. The van der Waals surface area contributed by atoms with E-state index in [-0.39, 0.29) is 23.2 Å². The Morgan fingerprint density at radius 1 is 1.27 bits per heavy atom. The molecule has 9 heteroatoms. The van der Waals surface area contributed by atoms with Crippen molar-refractivity contribution in [2.45, 2.75) is 33.5 Å². The molecule has 0 unspecified atom stereocenters. The molecule has 0 saturated heterocycles.